The molecule has 0 radical (unpaired) electrons. The first-order valence-corrected chi connectivity index (χ1v) is 10.9. The van der Waals surface area contributed by atoms with Gasteiger partial charge < -0.3 is 9.84 Å². The first-order chi connectivity index (χ1) is 15.8. The number of aromatic nitrogens is 3. The number of carbonyl (C=O) groups excluding carboxylic acids is 1. The van der Waals surface area contributed by atoms with Gasteiger partial charge in [0, 0.05) is 55.6 Å². The van der Waals surface area contributed by atoms with Gasteiger partial charge in [0.15, 0.2) is 0 Å². The second-order valence-corrected chi connectivity index (χ2v) is 8.22. The summed E-state index contributed by atoms with van der Waals surface area (Å²) in [6.45, 7) is 3.23. The number of likely N-dealkylation sites (tertiary alicyclic amines) is 1. The molecule has 32 heavy (non-hydrogen) atoms. The van der Waals surface area contributed by atoms with Crippen molar-refractivity contribution in [1.29, 1.82) is 0 Å². The molecule has 0 bridgehead atoms. The van der Waals surface area contributed by atoms with Gasteiger partial charge in [0.2, 0.25) is 5.76 Å². The van der Waals surface area contributed by atoms with Gasteiger partial charge >= 0.3 is 0 Å². The second kappa shape index (κ2) is 9.28. The number of pyridine rings is 2. The Morgan fingerprint density at radius 2 is 2.00 bits per heavy atom. The average Bonchev–Trinajstić information content (AvgIpc) is 3.34. The zero-order chi connectivity index (χ0) is 21.8. The molecule has 1 aliphatic rings. The van der Waals surface area contributed by atoms with Crippen molar-refractivity contribution >= 4 is 16.8 Å². The highest BCUT2D eigenvalue weighted by atomic mass is 16.5. The zero-order valence-electron chi connectivity index (χ0n) is 17.8. The van der Waals surface area contributed by atoms with Crippen LogP contribution in [0.3, 0.4) is 0 Å². The topological polar surface area (TPSA) is 84.2 Å². The third-order valence-corrected chi connectivity index (χ3v) is 6.01. The van der Waals surface area contributed by atoms with Crippen LogP contribution >= 0.6 is 0 Å². The Balaban J connectivity index is 1.23. The van der Waals surface area contributed by atoms with E-state index < -0.39 is 0 Å². The summed E-state index contributed by atoms with van der Waals surface area (Å²) in [6, 6.07) is 15.9. The molecule has 1 amide bonds. The molecule has 0 spiro atoms. The molecule has 1 fully saturated rings. The quantitative estimate of drug-likeness (QED) is 0.502. The smallest absolute Gasteiger partial charge is 0.290 e. The molecule has 3 aromatic heterocycles. The third-order valence-electron chi connectivity index (χ3n) is 6.01. The Morgan fingerprint density at radius 1 is 1.12 bits per heavy atom. The molecule has 1 N–H and O–H groups in total. The monoisotopic (exact) mass is 427 g/mol. The maximum atomic E-state index is 12.5. The molecule has 7 heteroatoms. The lowest BCUT2D eigenvalue weighted by molar-refractivity contribution is 0.0913. The summed E-state index contributed by atoms with van der Waals surface area (Å²) in [5.41, 5.74) is 4.15. The van der Waals surface area contributed by atoms with E-state index in [1.807, 2.05) is 24.4 Å². The van der Waals surface area contributed by atoms with Crippen LogP contribution in [0, 0.1) is 0 Å². The van der Waals surface area contributed by atoms with Gasteiger partial charge in [0.1, 0.15) is 0 Å². The maximum absolute atomic E-state index is 12.5. The van der Waals surface area contributed by atoms with E-state index in [9.17, 15) is 4.79 Å². The number of amides is 1. The molecule has 1 aromatic carbocycles. The highest BCUT2D eigenvalue weighted by molar-refractivity contribution is 5.91. The molecule has 0 saturated carbocycles. The number of nitrogens with zero attached hydrogens (tertiary/aromatic N) is 4. The van der Waals surface area contributed by atoms with Gasteiger partial charge in [-0.05, 0) is 54.8 Å². The van der Waals surface area contributed by atoms with Gasteiger partial charge in [-0.3, -0.25) is 19.7 Å². The maximum Gasteiger partial charge on any atom is 0.290 e. The molecular formula is C25H25N5O2. The van der Waals surface area contributed by atoms with Gasteiger partial charge in [0.25, 0.3) is 5.91 Å². The minimum atomic E-state index is -0.253. The van der Waals surface area contributed by atoms with Crippen LogP contribution < -0.4 is 5.32 Å². The molecule has 162 valence electrons. The van der Waals surface area contributed by atoms with Gasteiger partial charge in [0.05, 0.1) is 11.2 Å². The molecule has 4 aromatic rings. The highest BCUT2D eigenvalue weighted by Crippen LogP contribution is 2.28. The molecular weight excluding hydrogens is 402 g/mol. The van der Waals surface area contributed by atoms with Crippen LogP contribution in [0.1, 0.15) is 46.1 Å². The number of benzene rings is 1. The third kappa shape index (κ3) is 4.53. The molecule has 7 nitrogen and oxygen atoms in total. The minimum Gasteiger partial charge on any atom is -0.351 e. The average molecular weight is 428 g/mol. The largest absolute Gasteiger partial charge is 0.351 e. The number of rotatable bonds is 6. The lowest BCUT2D eigenvalue weighted by Crippen LogP contribution is -2.34. The van der Waals surface area contributed by atoms with Crippen molar-refractivity contribution < 1.29 is 9.32 Å². The predicted molar refractivity (Wildman–Crippen MR) is 121 cm³/mol. The number of para-hydroxylation sites is 1. The van der Waals surface area contributed by atoms with Crippen molar-refractivity contribution in [3.8, 4) is 0 Å². The fraction of sp³-hybridized carbons (Fsp3) is 0.280. The summed E-state index contributed by atoms with van der Waals surface area (Å²) in [4.78, 5) is 23.4. The van der Waals surface area contributed by atoms with E-state index in [2.05, 4.69) is 49.6 Å². The Labute approximate surface area is 186 Å². The minimum absolute atomic E-state index is 0.252. The number of carbonyl (C=O) groups is 1. The van der Waals surface area contributed by atoms with Crippen molar-refractivity contribution in [2.45, 2.75) is 31.8 Å². The highest BCUT2D eigenvalue weighted by Gasteiger charge is 2.25. The van der Waals surface area contributed by atoms with Gasteiger partial charge in [-0.1, -0.05) is 23.4 Å². The number of nitrogens with one attached hydrogen (secondary N) is 1. The number of fused-ring (bicyclic) bond motifs is 1. The summed E-state index contributed by atoms with van der Waals surface area (Å²) in [6.07, 6.45) is 7.42. The van der Waals surface area contributed by atoms with Crippen molar-refractivity contribution in [2.75, 3.05) is 13.1 Å². The first-order valence-electron chi connectivity index (χ1n) is 10.9. The Morgan fingerprint density at radius 3 is 2.91 bits per heavy atom. The van der Waals surface area contributed by atoms with E-state index in [0.29, 0.717) is 6.54 Å². The van der Waals surface area contributed by atoms with Crippen LogP contribution in [0.15, 0.2) is 71.6 Å². The first kappa shape index (κ1) is 20.3. The van der Waals surface area contributed by atoms with Gasteiger partial charge in [-0.15, -0.1) is 0 Å². The van der Waals surface area contributed by atoms with Crippen LogP contribution in [-0.2, 0) is 13.1 Å². The molecule has 1 unspecified atom stereocenters. The SMILES string of the molecule is O=C(NCc1ccncc1)c1cc(C2CCCN(Cc3ccnc4ccccc34)C2)no1. The van der Waals surface area contributed by atoms with Crippen molar-refractivity contribution in [3.63, 3.8) is 0 Å². The second-order valence-electron chi connectivity index (χ2n) is 8.22. The standard InChI is InChI=1S/C25H25N5O2/c31-25(28-15-18-7-10-26-11-8-18)24-14-23(29-32-24)20-4-3-13-30(17-20)16-19-9-12-27-22-6-2-1-5-21(19)22/h1-2,5-12,14,20H,3-4,13,15-17H2,(H,28,31). The summed E-state index contributed by atoms with van der Waals surface area (Å²) >= 11 is 0. The fourth-order valence-corrected chi connectivity index (χ4v) is 4.33. The molecule has 5 rings (SSSR count). The van der Waals surface area contributed by atoms with E-state index >= 15 is 0 Å². The summed E-state index contributed by atoms with van der Waals surface area (Å²) in [7, 11) is 0. The van der Waals surface area contributed by atoms with E-state index in [-0.39, 0.29) is 17.6 Å². The lowest BCUT2D eigenvalue weighted by Gasteiger charge is -2.32. The number of piperidine rings is 1. The Bertz CT molecular complexity index is 1200. The van der Waals surface area contributed by atoms with Crippen LogP contribution in [0.25, 0.3) is 10.9 Å². The predicted octanol–water partition coefficient (Wildman–Crippen LogP) is 3.93. The normalized spacial score (nSPS) is 16.8. The molecule has 0 aliphatic carbocycles. The molecule has 1 atom stereocenters. The van der Waals surface area contributed by atoms with Gasteiger partial charge in [-0.2, -0.15) is 0 Å². The summed E-state index contributed by atoms with van der Waals surface area (Å²) in [5.74, 6) is 0.255. The summed E-state index contributed by atoms with van der Waals surface area (Å²) < 4.78 is 5.38. The lowest BCUT2D eigenvalue weighted by atomic mass is 9.94. The molecule has 1 aliphatic heterocycles. The van der Waals surface area contributed by atoms with E-state index in [1.165, 1.54) is 10.9 Å². The van der Waals surface area contributed by atoms with Crippen molar-refractivity contribution in [1.82, 2.24) is 25.3 Å². The van der Waals surface area contributed by atoms with Crippen LogP contribution in [0.5, 0.6) is 0 Å². The van der Waals surface area contributed by atoms with Crippen LogP contribution in [0.4, 0.5) is 0 Å². The fourth-order valence-electron chi connectivity index (χ4n) is 4.33. The van der Waals surface area contributed by atoms with Crippen LogP contribution in [0.2, 0.25) is 0 Å². The molecule has 1 saturated heterocycles. The Kier molecular flexibility index (Phi) is 5.89. The number of hydrogen-bond acceptors (Lipinski definition) is 6. The summed E-state index contributed by atoms with van der Waals surface area (Å²) in [5, 5.41) is 8.30. The zero-order valence-corrected chi connectivity index (χ0v) is 17.8. The Hall–Kier alpha value is -3.58. The van der Waals surface area contributed by atoms with Gasteiger partial charge in [-0.25, -0.2) is 0 Å². The van der Waals surface area contributed by atoms with Crippen molar-refractivity contribution in [2.24, 2.45) is 0 Å². The van der Waals surface area contributed by atoms with Crippen molar-refractivity contribution in [3.05, 3.63) is 89.7 Å². The van der Waals surface area contributed by atoms with E-state index in [0.717, 1.165) is 49.2 Å². The molecule has 4 heterocycles. The van der Waals surface area contributed by atoms with E-state index in [4.69, 9.17) is 4.52 Å². The van der Waals surface area contributed by atoms with Crippen LogP contribution in [-0.4, -0.2) is 39.0 Å². The number of hydrogen-bond donors (Lipinski definition) is 1. The van der Waals surface area contributed by atoms with E-state index in [1.54, 1.807) is 18.5 Å².